The van der Waals surface area contributed by atoms with Crippen molar-refractivity contribution in [2.75, 3.05) is 20.2 Å². The summed E-state index contributed by atoms with van der Waals surface area (Å²) < 4.78 is 4.93. The van der Waals surface area contributed by atoms with E-state index in [0.29, 0.717) is 13.0 Å². The molecule has 0 spiro atoms. The van der Waals surface area contributed by atoms with Gasteiger partial charge in [0.1, 0.15) is 0 Å². The molecule has 1 unspecified atom stereocenters. The van der Waals surface area contributed by atoms with Gasteiger partial charge < -0.3 is 14.7 Å². The normalized spacial score (nSPS) is 20.7. The molecule has 1 fully saturated rings. The molecule has 1 aliphatic heterocycles. The van der Waals surface area contributed by atoms with Gasteiger partial charge in [-0.25, -0.2) is 0 Å². The highest BCUT2D eigenvalue weighted by molar-refractivity contribution is 5.95. The SMILES string of the molecule is COc1cc(C(=O)N2CCC(C)(C(=O)O)C2)ccc1[N+](=O)[O-]. The molecule has 22 heavy (non-hydrogen) atoms. The van der Waals surface area contributed by atoms with Crippen LogP contribution in [0.15, 0.2) is 18.2 Å². The molecular formula is C14H16N2O6. The number of benzene rings is 1. The van der Waals surface area contributed by atoms with Crippen LogP contribution in [0.25, 0.3) is 0 Å². The number of nitro groups is 1. The van der Waals surface area contributed by atoms with Gasteiger partial charge in [-0.05, 0) is 19.4 Å². The zero-order chi connectivity index (χ0) is 16.5. The maximum Gasteiger partial charge on any atom is 0.311 e. The van der Waals surface area contributed by atoms with Crippen molar-refractivity contribution in [3.05, 3.63) is 33.9 Å². The van der Waals surface area contributed by atoms with Gasteiger partial charge in [-0.15, -0.1) is 0 Å². The first-order valence-electron chi connectivity index (χ1n) is 6.63. The first-order chi connectivity index (χ1) is 10.3. The van der Waals surface area contributed by atoms with E-state index in [1.807, 2.05) is 0 Å². The molecule has 0 bridgehead atoms. The summed E-state index contributed by atoms with van der Waals surface area (Å²) in [6, 6.07) is 3.86. The standard InChI is InChI=1S/C14H16N2O6/c1-14(13(18)19)5-6-15(8-14)12(17)9-3-4-10(16(20)21)11(7-9)22-2/h3-4,7H,5-6,8H2,1-2H3,(H,18,19). The first-order valence-corrected chi connectivity index (χ1v) is 6.63. The number of hydrogen-bond acceptors (Lipinski definition) is 5. The first kappa shape index (κ1) is 15.7. The summed E-state index contributed by atoms with van der Waals surface area (Å²) in [6.07, 6.45) is 0.373. The van der Waals surface area contributed by atoms with Crippen LogP contribution < -0.4 is 4.74 Å². The van der Waals surface area contributed by atoms with Crippen LogP contribution in [0.5, 0.6) is 5.75 Å². The van der Waals surface area contributed by atoms with Crippen LogP contribution in [0.2, 0.25) is 0 Å². The largest absolute Gasteiger partial charge is 0.490 e. The lowest BCUT2D eigenvalue weighted by molar-refractivity contribution is -0.385. The van der Waals surface area contributed by atoms with Crippen LogP contribution in [0.4, 0.5) is 5.69 Å². The number of carbonyl (C=O) groups excluding carboxylic acids is 1. The van der Waals surface area contributed by atoms with Crippen molar-refractivity contribution in [2.24, 2.45) is 5.41 Å². The average molecular weight is 308 g/mol. The smallest absolute Gasteiger partial charge is 0.311 e. The van der Waals surface area contributed by atoms with Gasteiger partial charge >= 0.3 is 11.7 Å². The van der Waals surface area contributed by atoms with E-state index in [9.17, 15) is 24.8 Å². The molecule has 0 radical (unpaired) electrons. The van der Waals surface area contributed by atoms with Crippen LogP contribution in [0.1, 0.15) is 23.7 Å². The molecule has 1 amide bonds. The number of methoxy groups -OCH3 is 1. The second-order valence-electron chi connectivity index (χ2n) is 5.49. The molecule has 2 rings (SSSR count). The number of carboxylic acids is 1. The van der Waals surface area contributed by atoms with Crippen molar-refractivity contribution < 1.29 is 24.4 Å². The fourth-order valence-electron chi connectivity index (χ4n) is 2.45. The lowest BCUT2D eigenvalue weighted by Crippen LogP contribution is -2.34. The van der Waals surface area contributed by atoms with Crippen LogP contribution in [0, 0.1) is 15.5 Å². The maximum atomic E-state index is 12.4. The highest BCUT2D eigenvalue weighted by Crippen LogP contribution is 2.32. The van der Waals surface area contributed by atoms with E-state index in [1.54, 1.807) is 6.92 Å². The summed E-state index contributed by atoms with van der Waals surface area (Å²) in [5, 5.41) is 20.0. The molecule has 1 N–H and O–H groups in total. The van der Waals surface area contributed by atoms with Gasteiger partial charge in [0, 0.05) is 30.8 Å². The molecule has 1 aliphatic rings. The molecule has 0 saturated carbocycles. The number of rotatable bonds is 4. The molecule has 1 aromatic carbocycles. The van der Waals surface area contributed by atoms with Crippen molar-refractivity contribution in [1.29, 1.82) is 0 Å². The topological polar surface area (TPSA) is 110 Å². The summed E-state index contributed by atoms with van der Waals surface area (Å²) in [7, 11) is 1.29. The number of nitro benzene ring substituents is 1. The minimum Gasteiger partial charge on any atom is -0.490 e. The highest BCUT2D eigenvalue weighted by atomic mass is 16.6. The highest BCUT2D eigenvalue weighted by Gasteiger charge is 2.42. The van der Waals surface area contributed by atoms with Crippen LogP contribution in [0.3, 0.4) is 0 Å². The van der Waals surface area contributed by atoms with Crippen molar-refractivity contribution in [2.45, 2.75) is 13.3 Å². The van der Waals surface area contributed by atoms with Gasteiger partial charge in [0.25, 0.3) is 5.91 Å². The zero-order valence-corrected chi connectivity index (χ0v) is 12.2. The second-order valence-corrected chi connectivity index (χ2v) is 5.49. The number of nitrogens with zero attached hydrogens (tertiary/aromatic N) is 2. The van der Waals surface area contributed by atoms with Crippen LogP contribution >= 0.6 is 0 Å². The maximum absolute atomic E-state index is 12.4. The van der Waals surface area contributed by atoms with E-state index >= 15 is 0 Å². The number of aliphatic carboxylic acids is 1. The van der Waals surface area contributed by atoms with Gasteiger partial charge in [0.05, 0.1) is 17.4 Å². The van der Waals surface area contributed by atoms with Crippen LogP contribution in [-0.2, 0) is 4.79 Å². The summed E-state index contributed by atoms with van der Waals surface area (Å²) in [4.78, 5) is 35.3. The molecule has 8 nitrogen and oxygen atoms in total. The lowest BCUT2D eigenvalue weighted by atomic mass is 9.90. The second kappa shape index (κ2) is 5.63. The van der Waals surface area contributed by atoms with E-state index in [4.69, 9.17) is 4.74 Å². The van der Waals surface area contributed by atoms with E-state index in [1.165, 1.54) is 30.2 Å². The Balaban J connectivity index is 2.24. The Morgan fingerprint density at radius 2 is 2.14 bits per heavy atom. The molecule has 0 aromatic heterocycles. The number of hydrogen-bond donors (Lipinski definition) is 1. The minimum atomic E-state index is -0.958. The molecule has 1 aromatic rings. The fourth-order valence-corrected chi connectivity index (χ4v) is 2.45. The third-order valence-corrected chi connectivity index (χ3v) is 3.90. The predicted octanol–water partition coefficient (Wildman–Crippen LogP) is 1.54. The van der Waals surface area contributed by atoms with E-state index in [2.05, 4.69) is 0 Å². The van der Waals surface area contributed by atoms with Gasteiger partial charge in [0.15, 0.2) is 5.75 Å². The van der Waals surface area contributed by atoms with E-state index in [0.717, 1.165) is 0 Å². The minimum absolute atomic E-state index is 0.00366. The van der Waals surface area contributed by atoms with Gasteiger partial charge in [-0.3, -0.25) is 19.7 Å². The number of ether oxygens (including phenoxy) is 1. The Morgan fingerprint density at radius 1 is 1.45 bits per heavy atom. The van der Waals surface area contributed by atoms with E-state index in [-0.39, 0.29) is 29.5 Å². The van der Waals surface area contributed by atoms with Gasteiger partial charge in [0.2, 0.25) is 0 Å². The fraction of sp³-hybridized carbons (Fsp3) is 0.429. The third-order valence-electron chi connectivity index (χ3n) is 3.90. The van der Waals surface area contributed by atoms with Crippen molar-refractivity contribution in [3.8, 4) is 5.75 Å². The van der Waals surface area contributed by atoms with Crippen molar-refractivity contribution in [1.82, 2.24) is 4.90 Å². The number of carbonyl (C=O) groups is 2. The number of carboxylic acid groups (broad SMARTS) is 1. The monoisotopic (exact) mass is 308 g/mol. The summed E-state index contributed by atoms with van der Waals surface area (Å²) in [5.41, 5.74) is -0.950. The Morgan fingerprint density at radius 3 is 2.64 bits per heavy atom. The van der Waals surface area contributed by atoms with E-state index < -0.39 is 16.3 Å². The summed E-state index contributed by atoms with van der Waals surface area (Å²) in [5.74, 6) is -1.31. The molecule has 118 valence electrons. The summed E-state index contributed by atoms with van der Waals surface area (Å²) in [6.45, 7) is 2.04. The molecular weight excluding hydrogens is 292 g/mol. The Labute approximate surface area is 126 Å². The average Bonchev–Trinajstić information content (AvgIpc) is 2.89. The number of amides is 1. The molecule has 8 heteroatoms. The molecule has 1 heterocycles. The quantitative estimate of drug-likeness (QED) is 0.667. The van der Waals surface area contributed by atoms with Crippen LogP contribution in [-0.4, -0.2) is 47.0 Å². The molecule has 1 saturated heterocycles. The Hall–Kier alpha value is -2.64. The Bertz CT molecular complexity index is 644. The lowest BCUT2D eigenvalue weighted by Gasteiger charge is -2.20. The summed E-state index contributed by atoms with van der Waals surface area (Å²) >= 11 is 0. The molecule has 1 atom stereocenters. The third kappa shape index (κ3) is 2.72. The Kier molecular flexibility index (Phi) is 4.03. The number of likely N-dealkylation sites (tertiary alicyclic amines) is 1. The zero-order valence-electron chi connectivity index (χ0n) is 12.2. The van der Waals surface area contributed by atoms with Gasteiger partial charge in [-0.2, -0.15) is 0 Å². The predicted molar refractivity (Wildman–Crippen MR) is 75.9 cm³/mol. The van der Waals surface area contributed by atoms with Gasteiger partial charge in [-0.1, -0.05) is 0 Å². The molecule has 0 aliphatic carbocycles. The van der Waals surface area contributed by atoms with Crippen molar-refractivity contribution >= 4 is 17.6 Å². The van der Waals surface area contributed by atoms with Crippen molar-refractivity contribution in [3.63, 3.8) is 0 Å².